The standard InChI is InChI=1S/C15H17F2N3/c1-3-4-5-15-19-13-6-11(16)12(17)7-14(13)20(15)9-10(2)8-18/h6-7,10H,3-5,9H2,1-2H3. The average molecular weight is 277 g/mol. The van der Waals surface area contributed by atoms with Gasteiger partial charge in [0.05, 0.1) is 23.0 Å². The number of imidazole rings is 1. The van der Waals surface area contributed by atoms with E-state index in [0.717, 1.165) is 37.2 Å². The highest BCUT2D eigenvalue weighted by Gasteiger charge is 2.15. The summed E-state index contributed by atoms with van der Waals surface area (Å²) in [6, 6.07) is 4.44. The third-order valence-corrected chi connectivity index (χ3v) is 3.30. The minimum absolute atomic E-state index is 0.208. The highest BCUT2D eigenvalue weighted by atomic mass is 19.2. The summed E-state index contributed by atoms with van der Waals surface area (Å²) in [5, 5.41) is 8.95. The first-order valence-corrected chi connectivity index (χ1v) is 6.80. The third-order valence-electron chi connectivity index (χ3n) is 3.30. The minimum atomic E-state index is -0.891. The van der Waals surface area contributed by atoms with Crippen molar-refractivity contribution >= 4 is 11.0 Å². The molecule has 1 atom stereocenters. The van der Waals surface area contributed by atoms with Gasteiger partial charge in [-0.05, 0) is 13.3 Å². The molecule has 2 rings (SSSR count). The molecule has 0 spiro atoms. The van der Waals surface area contributed by atoms with E-state index in [2.05, 4.69) is 18.0 Å². The molecule has 20 heavy (non-hydrogen) atoms. The van der Waals surface area contributed by atoms with E-state index in [0.29, 0.717) is 17.6 Å². The molecule has 0 saturated heterocycles. The fourth-order valence-corrected chi connectivity index (χ4v) is 2.21. The van der Waals surface area contributed by atoms with Gasteiger partial charge >= 0.3 is 0 Å². The van der Waals surface area contributed by atoms with E-state index in [9.17, 15) is 8.78 Å². The highest BCUT2D eigenvalue weighted by molar-refractivity contribution is 5.76. The number of benzene rings is 1. The molecule has 106 valence electrons. The van der Waals surface area contributed by atoms with Crippen LogP contribution in [0.4, 0.5) is 8.78 Å². The summed E-state index contributed by atoms with van der Waals surface area (Å²) in [5.41, 5.74) is 0.997. The highest BCUT2D eigenvalue weighted by Crippen LogP contribution is 2.22. The third kappa shape index (κ3) is 2.79. The van der Waals surface area contributed by atoms with Crippen LogP contribution in [-0.4, -0.2) is 9.55 Å². The molecule has 3 nitrogen and oxygen atoms in total. The Morgan fingerprint density at radius 3 is 2.70 bits per heavy atom. The summed E-state index contributed by atoms with van der Waals surface area (Å²) < 4.78 is 28.6. The lowest BCUT2D eigenvalue weighted by molar-refractivity contribution is 0.509. The van der Waals surface area contributed by atoms with E-state index in [1.54, 1.807) is 6.92 Å². The van der Waals surface area contributed by atoms with Crippen molar-refractivity contribution in [3.63, 3.8) is 0 Å². The van der Waals surface area contributed by atoms with Crippen LogP contribution < -0.4 is 0 Å². The fourth-order valence-electron chi connectivity index (χ4n) is 2.21. The normalized spacial score (nSPS) is 12.6. The van der Waals surface area contributed by atoms with E-state index >= 15 is 0 Å². The van der Waals surface area contributed by atoms with Gasteiger partial charge in [-0.25, -0.2) is 13.8 Å². The van der Waals surface area contributed by atoms with Gasteiger partial charge in [0.25, 0.3) is 0 Å². The van der Waals surface area contributed by atoms with Crippen LogP contribution in [0.25, 0.3) is 11.0 Å². The van der Waals surface area contributed by atoms with Gasteiger partial charge < -0.3 is 4.57 Å². The molecule has 0 saturated carbocycles. The summed E-state index contributed by atoms with van der Waals surface area (Å²) in [5.74, 6) is -1.20. The first kappa shape index (κ1) is 14.4. The van der Waals surface area contributed by atoms with Crippen LogP contribution in [0.5, 0.6) is 0 Å². The Labute approximate surface area is 116 Å². The molecule has 0 radical (unpaired) electrons. The Morgan fingerprint density at radius 2 is 2.05 bits per heavy atom. The number of aryl methyl sites for hydroxylation is 1. The van der Waals surface area contributed by atoms with Gasteiger partial charge in [0, 0.05) is 25.1 Å². The molecule has 0 fully saturated rings. The van der Waals surface area contributed by atoms with Crippen LogP contribution in [0.15, 0.2) is 12.1 Å². The second kappa shape index (κ2) is 6.00. The summed E-state index contributed by atoms with van der Waals surface area (Å²) in [6.07, 6.45) is 2.71. The van der Waals surface area contributed by atoms with Crippen molar-refractivity contribution in [1.29, 1.82) is 5.26 Å². The predicted octanol–water partition coefficient (Wildman–Crippen LogP) is 3.82. The van der Waals surface area contributed by atoms with Gasteiger partial charge in [-0.1, -0.05) is 13.3 Å². The first-order valence-electron chi connectivity index (χ1n) is 6.80. The van der Waals surface area contributed by atoms with E-state index in [1.165, 1.54) is 0 Å². The van der Waals surface area contributed by atoms with Gasteiger partial charge in [-0.2, -0.15) is 5.26 Å². The number of fused-ring (bicyclic) bond motifs is 1. The molecule has 1 heterocycles. The monoisotopic (exact) mass is 277 g/mol. The largest absolute Gasteiger partial charge is 0.327 e. The number of unbranched alkanes of at least 4 members (excludes halogenated alkanes) is 1. The van der Waals surface area contributed by atoms with Crippen LogP contribution in [0.2, 0.25) is 0 Å². The summed E-state index contributed by atoms with van der Waals surface area (Å²) >= 11 is 0. The number of hydrogen-bond acceptors (Lipinski definition) is 2. The van der Waals surface area contributed by atoms with E-state index in [4.69, 9.17) is 5.26 Å². The molecular weight excluding hydrogens is 260 g/mol. The van der Waals surface area contributed by atoms with E-state index in [-0.39, 0.29) is 5.92 Å². The maximum atomic E-state index is 13.4. The van der Waals surface area contributed by atoms with Gasteiger partial charge in [0.1, 0.15) is 5.82 Å². The molecule has 2 aromatic rings. The Kier molecular flexibility index (Phi) is 4.33. The molecular formula is C15H17F2N3. The molecule has 0 aliphatic carbocycles. The molecule has 1 aromatic carbocycles. The topological polar surface area (TPSA) is 41.6 Å². The zero-order chi connectivity index (χ0) is 14.7. The summed E-state index contributed by atoms with van der Waals surface area (Å²) in [7, 11) is 0. The lowest BCUT2D eigenvalue weighted by Gasteiger charge is -2.10. The Morgan fingerprint density at radius 1 is 1.35 bits per heavy atom. The van der Waals surface area contributed by atoms with Gasteiger partial charge in [0.2, 0.25) is 0 Å². The summed E-state index contributed by atoms with van der Waals surface area (Å²) in [6.45, 7) is 4.32. The maximum absolute atomic E-state index is 13.4. The second-order valence-corrected chi connectivity index (χ2v) is 5.03. The van der Waals surface area contributed by atoms with E-state index < -0.39 is 11.6 Å². The van der Waals surface area contributed by atoms with Crippen molar-refractivity contribution < 1.29 is 8.78 Å². The van der Waals surface area contributed by atoms with Crippen molar-refractivity contribution in [3.05, 3.63) is 29.6 Å². The van der Waals surface area contributed by atoms with Crippen LogP contribution in [0.3, 0.4) is 0 Å². The Bertz CT molecular complexity index is 655. The molecule has 1 unspecified atom stereocenters. The second-order valence-electron chi connectivity index (χ2n) is 5.03. The zero-order valence-corrected chi connectivity index (χ0v) is 11.7. The van der Waals surface area contributed by atoms with Crippen molar-refractivity contribution in [2.75, 3.05) is 0 Å². The quantitative estimate of drug-likeness (QED) is 0.833. The van der Waals surface area contributed by atoms with Crippen molar-refractivity contribution in [2.45, 2.75) is 39.7 Å². The van der Waals surface area contributed by atoms with Crippen LogP contribution in [0.1, 0.15) is 32.5 Å². The van der Waals surface area contributed by atoms with Gasteiger partial charge in [0.15, 0.2) is 11.6 Å². The first-order chi connectivity index (χ1) is 9.56. The van der Waals surface area contributed by atoms with Gasteiger partial charge in [-0.15, -0.1) is 0 Å². The Balaban J connectivity index is 2.52. The van der Waals surface area contributed by atoms with Crippen molar-refractivity contribution in [2.24, 2.45) is 5.92 Å². The van der Waals surface area contributed by atoms with Gasteiger partial charge in [-0.3, -0.25) is 0 Å². The van der Waals surface area contributed by atoms with E-state index in [1.807, 2.05) is 4.57 Å². The lowest BCUT2D eigenvalue weighted by atomic mass is 10.2. The maximum Gasteiger partial charge on any atom is 0.161 e. The van der Waals surface area contributed by atoms with Crippen LogP contribution in [0, 0.1) is 28.9 Å². The fraction of sp³-hybridized carbons (Fsp3) is 0.467. The number of nitrogens with zero attached hydrogens (tertiary/aromatic N) is 3. The Hall–Kier alpha value is -1.96. The number of halogens is 2. The predicted molar refractivity (Wildman–Crippen MR) is 73.0 cm³/mol. The molecule has 5 heteroatoms. The molecule has 1 aromatic heterocycles. The molecule has 0 amide bonds. The zero-order valence-electron chi connectivity index (χ0n) is 11.7. The van der Waals surface area contributed by atoms with Crippen LogP contribution in [-0.2, 0) is 13.0 Å². The molecule has 0 bridgehead atoms. The van der Waals surface area contributed by atoms with Crippen LogP contribution >= 0.6 is 0 Å². The summed E-state index contributed by atoms with van der Waals surface area (Å²) in [4.78, 5) is 4.39. The number of nitriles is 1. The lowest BCUT2D eigenvalue weighted by Crippen LogP contribution is -2.09. The SMILES string of the molecule is CCCCc1nc2cc(F)c(F)cc2n1CC(C)C#N. The number of rotatable bonds is 5. The average Bonchev–Trinajstić information content (AvgIpc) is 2.74. The number of aromatic nitrogens is 2. The smallest absolute Gasteiger partial charge is 0.161 e. The van der Waals surface area contributed by atoms with Crippen molar-refractivity contribution in [3.8, 4) is 6.07 Å². The molecule has 0 aliphatic rings. The molecule has 0 aliphatic heterocycles. The minimum Gasteiger partial charge on any atom is -0.327 e. The van der Waals surface area contributed by atoms with Crippen molar-refractivity contribution in [1.82, 2.24) is 9.55 Å². The molecule has 0 N–H and O–H groups in total. The number of hydrogen-bond donors (Lipinski definition) is 0.